The van der Waals surface area contributed by atoms with Crippen LogP contribution in [0.4, 0.5) is 0 Å². The van der Waals surface area contributed by atoms with E-state index in [-0.39, 0.29) is 0 Å². The first-order valence-corrected chi connectivity index (χ1v) is 15.4. The smallest absolute Gasteiger partial charge is 0.0900 e. The fraction of sp³-hybridized carbons (Fsp3) is 0. The van der Waals surface area contributed by atoms with Gasteiger partial charge in [0.1, 0.15) is 0 Å². The van der Waals surface area contributed by atoms with Gasteiger partial charge in [-0.1, -0.05) is 128 Å². The first-order valence-electron chi connectivity index (χ1n) is 15.4. The van der Waals surface area contributed by atoms with Gasteiger partial charge in [-0.25, -0.2) is 15.0 Å². The Bertz CT molecular complexity index is 2350. The number of hydrogen-bond donors (Lipinski definition) is 0. The van der Waals surface area contributed by atoms with Gasteiger partial charge in [0.15, 0.2) is 0 Å². The molecule has 0 saturated carbocycles. The van der Waals surface area contributed by atoms with Crippen molar-refractivity contribution in [2.75, 3.05) is 0 Å². The monoisotopic (exact) mass is 587 g/mol. The Labute approximate surface area is 268 Å². The second-order valence-electron chi connectivity index (χ2n) is 11.4. The van der Waals surface area contributed by atoms with Crippen LogP contribution in [0, 0.1) is 0 Å². The van der Waals surface area contributed by atoms with E-state index in [1.807, 2.05) is 54.6 Å². The van der Waals surface area contributed by atoms with Crippen molar-refractivity contribution >= 4 is 38.8 Å². The number of benzene rings is 5. The number of fused-ring (bicyclic) bond motifs is 2. The van der Waals surface area contributed by atoms with Crippen LogP contribution in [0.2, 0.25) is 0 Å². The molecule has 7 aromatic rings. The number of aliphatic imine (C=N–C) groups is 1. The van der Waals surface area contributed by atoms with Gasteiger partial charge in [0, 0.05) is 21.9 Å². The lowest BCUT2D eigenvalue weighted by Gasteiger charge is -2.09. The van der Waals surface area contributed by atoms with Crippen molar-refractivity contribution in [1.29, 1.82) is 0 Å². The molecule has 3 heteroatoms. The summed E-state index contributed by atoms with van der Waals surface area (Å²) in [5, 5.41) is 2.18. The largest absolute Gasteiger partial charge is 0.248 e. The second kappa shape index (κ2) is 11.7. The summed E-state index contributed by atoms with van der Waals surface area (Å²) in [6, 6.07) is 52.2. The first-order chi connectivity index (χ1) is 22.7. The van der Waals surface area contributed by atoms with E-state index >= 15 is 0 Å². The van der Waals surface area contributed by atoms with Gasteiger partial charge in [-0.3, -0.25) is 0 Å². The van der Waals surface area contributed by atoms with Gasteiger partial charge in [-0.2, -0.15) is 0 Å². The number of hydrogen-bond acceptors (Lipinski definition) is 3. The van der Waals surface area contributed by atoms with Crippen molar-refractivity contribution in [3.63, 3.8) is 0 Å². The Morgan fingerprint density at radius 2 is 1.00 bits per heavy atom. The molecule has 1 aliphatic rings. The van der Waals surface area contributed by atoms with E-state index in [4.69, 9.17) is 15.0 Å². The SMILES string of the molecule is C=C1C=C(c2ccccc2)N=C(c2ccc3ccc(-c4ccc5nc(-c6ccccc6)ccc5c4)cc3n2)C=C1c1ccccc1. The molecule has 3 heterocycles. The van der Waals surface area contributed by atoms with Crippen LogP contribution in [0.5, 0.6) is 0 Å². The summed E-state index contributed by atoms with van der Waals surface area (Å²) in [6.07, 6.45) is 4.18. The maximum Gasteiger partial charge on any atom is 0.0900 e. The van der Waals surface area contributed by atoms with Gasteiger partial charge < -0.3 is 0 Å². The van der Waals surface area contributed by atoms with E-state index in [2.05, 4.69) is 116 Å². The molecule has 5 aromatic carbocycles. The molecule has 0 atom stereocenters. The standard InChI is InChI=1S/C43H29N3/c1-29-25-41(32-15-9-4-10-16-32)46-43(28-37(29)30-11-5-2-6-12-30)40-24-19-33-17-18-35(27-42(33)45-40)34-20-22-39-36(26-34)21-23-38(44-39)31-13-7-3-8-14-31/h2-28H,1H2. The Kier molecular flexibility index (Phi) is 6.97. The number of rotatable bonds is 5. The molecule has 0 aliphatic carbocycles. The minimum atomic E-state index is 0.797. The Morgan fingerprint density at radius 3 is 1.76 bits per heavy atom. The van der Waals surface area contributed by atoms with E-state index in [0.29, 0.717) is 0 Å². The summed E-state index contributed by atoms with van der Waals surface area (Å²) >= 11 is 0. The molecular weight excluding hydrogens is 558 g/mol. The van der Waals surface area contributed by atoms with Crippen molar-refractivity contribution in [3.05, 3.63) is 193 Å². The number of nitrogens with zero attached hydrogens (tertiary/aromatic N) is 3. The Balaban J connectivity index is 1.20. The highest BCUT2D eigenvalue weighted by molar-refractivity contribution is 6.16. The van der Waals surface area contributed by atoms with Crippen molar-refractivity contribution < 1.29 is 0 Å². The molecule has 46 heavy (non-hydrogen) atoms. The molecular formula is C43H29N3. The van der Waals surface area contributed by atoms with E-state index in [1.54, 1.807) is 0 Å². The molecule has 216 valence electrons. The Morgan fingerprint density at radius 1 is 0.413 bits per heavy atom. The average Bonchev–Trinajstić information content (AvgIpc) is 3.30. The zero-order valence-electron chi connectivity index (χ0n) is 25.1. The first kappa shape index (κ1) is 27.4. The van der Waals surface area contributed by atoms with Crippen LogP contribution < -0.4 is 0 Å². The molecule has 0 amide bonds. The highest BCUT2D eigenvalue weighted by atomic mass is 14.8. The third kappa shape index (κ3) is 5.36. The highest BCUT2D eigenvalue weighted by Crippen LogP contribution is 2.32. The quantitative estimate of drug-likeness (QED) is 0.201. The summed E-state index contributed by atoms with van der Waals surface area (Å²) in [6.45, 7) is 4.43. The third-order valence-electron chi connectivity index (χ3n) is 8.38. The Hall–Kier alpha value is -6.19. The maximum absolute atomic E-state index is 5.17. The van der Waals surface area contributed by atoms with E-state index in [1.165, 1.54) is 0 Å². The van der Waals surface area contributed by atoms with Crippen LogP contribution in [0.1, 0.15) is 16.8 Å². The normalized spacial score (nSPS) is 13.2. The molecule has 0 bridgehead atoms. The fourth-order valence-electron chi connectivity index (χ4n) is 5.96. The zero-order chi connectivity index (χ0) is 30.9. The van der Waals surface area contributed by atoms with Crippen molar-refractivity contribution in [3.8, 4) is 22.4 Å². The molecule has 0 radical (unpaired) electrons. The number of aromatic nitrogens is 2. The summed E-state index contributed by atoms with van der Waals surface area (Å²) < 4.78 is 0. The third-order valence-corrected chi connectivity index (χ3v) is 8.38. The maximum atomic E-state index is 5.17. The van der Waals surface area contributed by atoms with Gasteiger partial charge in [-0.15, -0.1) is 0 Å². The van der Waals surface area contributed by atoms with Crippen LogP contribution in [-0.4, -0.2) is 15.7 Å². The molecule has 3 nitrogen and oxygen atoms in total. The van der Waals surface area contributed by atoms with Crippen LogP contribution in [0.15, 0.2) is 181 Å². The zero-order valence-corrected chi connectivity index (χ0v) is 25.1. The van der Waals surface area contributed by atoms with Gasteiger partial charge in [0.25, 0.3) is 0 Å². The van der Waals surface area contributed by atoms with Gasteiger partial charge in [0.2, 0.25) is 0 Å². The predicted molar refractivity (Wildman–Crippen MR) is 192 cm³/mol. The second-order valence-corrected chi connectivity index (χ2v) is 11.4. The van der Waals surface area contributed by atoms with Crippen molar-refractivity contribution in [2.45, 2.75) is 0 Å². The minimum Gasteiger partial charge on any atom is -0.248 e. The highest BCUT2D eigenvalue weighted by Gasteiger charge is 2.16. The van der Waals surface area contributed by atoms with Crippen LogP contribution >= 0.6 is 0 Å². The van der Waals surface area contributed by atoms with Crippen LogP contribution in [0.25, 0.3) is 55.5 Å². The summed E-state index contributed by atoms with van der Waals surface area (Å²) in [4.78, 5) is 15.3. The van der Waals surface area contributed by atoms with Crippen LogP contribution in [0.3, 0.4) is 0 Å². The minimum absolute atomic E-state index is 0.797. The molecule has 0 unspecified atom stereocenters. The molecule has 1 aliphatic heterocycles. The van der Waals surface area contributed by atoms with Crippen LogP contribution in [-0.2, 0) is 0 Å². The van der Waals surface area contributed by atoms with Gasteiger partial charge in [-0.05, 0) is 70.3 Å². The molecule has 0 saturated heterocycles. The average molecular weight is 588 g/mol. The lowest BCUT2D eigenvalue weighted by Crippen LogP contribution is -2.02. The van der Waals surface area contributed by atoms with Gasteiger partial charge in [0.05, 0.1) is 33.8 Å². The van der Waals surface area contributed by atoms with E-state index in [0.717, 1.165) is 83.6 Å². The molecule has 0 spiro atoms. The summed E-state index contributed by atoms with van der Waals surface area (Å²) in [7, 11) is 0. The van der Waals surface area contributed by atoms with Gasteiger partial charge >= 0.3 is 0 Å². The van der Waals surface area contributed by atoms with E-state index in [9.17, 15) is 0 Å². The lowest BCUT2D eigenvalue weighted by atomic mass is 9.96. The predicted octanol–water partition coefficient (Wildman–Crippen LogP) is 10.6. The summed E-state index contributed by atoms with van der Waals surface area (Å²) in [5.41, 5.74) is 12.7. The number of pyridine rings is 2. The topological polar surface area (TPSA) is 38.1 Å². The molecule has 0 fully saturated rings. The van der Waals surface area contributed by atoms with Crippen molar-refractivity contribution in [2.24, 2.45) is 4.99 Å². The summed E-state index contributed by atoms with van der Waals surface area (Å²) in [5.74, 6) is 0. The number of allylic oxidation sites excluding steroid dienone is 4. The fourth-order valence-corrected chi connectivity index (χ4v) is 5.96. The van der Waals surface area contributed by atoms with E-state index < -0.39 is 0 Å². The van der Waals surface area contributed by atoms with Crippen molar-refractivity contribution in [1.82, 2.24) is 9.97 Å². The molecule has 8 rings (SSSR count). The molecule has 0 N–H and O–H groups in total. The lowest BCUT2D eigenvalue weighted by molar-refractivity contribution is 1.36. The molecule has 2 aromatic heterocycles.